The highest BCUT2D eigenvalue weighted by Crippen LogP contribution is 2.17. The fraction of sp³-hybridized carbons (Fsp3) is 0.583. The first kappa shape index (κ1) is 14.7. The lowest BCUT2D eigenvalue weighted by atomic mass is 10.2. The van der Waals surface area contributed by atoms with Gasteiger partial charge in [-0.15, -0.1) is 0 Å². The van der Waals surface area contributed by atoms with E-state index >= 15 is 0 Å². The van der Waals surface area contributed by atoms with Crippen LogP contribution < -0.4 is 0 Å². The number of ether oxygens (including phenoxy) is 2. The molecule has 0 atom stereocenters. The van der Waals surface area contributed by atoms with Gasteiger partial charge in [0.25, 0.3) is 0 Å². The number of hydrogen-bond acceptors (Lipinski definition) is 3. The molecular weight excluding hydrogens is 261 g/mol. The quantitative estimate of drug-likeness (QED) is 0.564. The van der Waals surface area contributed by atoms with Gasteiger partial charge in [-0.25, -0.2) is 4.98 Å². The topological polar surface area (TPSA) is 31.4 Å². The van der Waals surface area contributed by atoms with Gasteiger partial charge in [0.05, 0.1) is 30.5 Å². The van der Waals surface area contributed by atoms with Crippen LogP contribution in [-0.2, 0) is 16.1 Å². The first-order chi connectivity index (χ1) is 8.09. The van der Waals surface area contributed by atoms with E-state index in [-0.39, 0.29) is 0 Å². The Morgan fingerprint density at radius 1 is 1.18 bits per heavy atom. The third kappa shape index (κ3) is 6.22. The average Bonchev–Trinajstić information content (AvgIpc) is 2.27. The van der Waals surface area contributed by atoms with Gasteiger partial charge < -0.3 is 9.47 Å². The molecule has 0 aromatic carbocycles. The van der Waals surface area contributed by atoms with Gasteiger partial charge in [0.15, 0.2) is 0 Å². The molecule has 0 saturated carbocycles. The van der Waals surface area contributed by atoms with Crippen LogP contribution in [0.2, 0.25) is 10.2 Å². The molecule has 1 heterocycles. The van der Waals surface area contributed by atoms with Crippen LogP contribution in [0, 0.1) is 5.92 Å². The third-order valence-electron chi connectivity index (χ3n) is 1.95. The zero-order valence-corrected chi connectivity index (χ0v) is 11.6. The van der Waals surface area contributed by atoms with Gasteiger partial charge in [0.2, 0.25) is 0 Å². The average molecular weight is 278 g/mol. The summed E-state index contributed by atoms with van der Waals surface area (Å²) in [7, 11) is 0. The van der Waals surface area contributed by atoms with E-state index in [1.165, 1.54) is 0 Å². The van der Waals surface area contributed by atoms with E-state index in [1.54, 1.807) is 12.1 Å². The van der Waals surface area contributed by atoms with Crippen molar-refractivity contribution in [2.24, 2.45) is 5.92 Å². The number of nitrogens with zero attached hydrogens (tertiary/aromatic N) is 1. The summed E-state index contributed by atoms with van der Waals surface area (Å²) in [5, 5.41) is 0.988. The van der Waals surface area contributed by atoms with E-state index in [0.717, 1.165) is 6.61 Å². The summed E-state index contributed by atoms with van der Waals surface area (Å²) in [4.78, 5) is 4.09. The molecule has 0 N–H and O–H groups in total. The Kier molecular flexibility index (Phi) is 6.82. The summed E-state index contributed by atoms with van der Waals surface area (Å²) in [5.41, 5.74) is 0.656. The first-order valence-electron chi connectivity index (χ1n) is 5.56. The molecule has 1 aromatic heterocycles. The maximum absolute atomic E-state index is 5.95. The summed E-state index contributed by atoms with van der Waals surface area (Å²) in [6, 6.07) is 3.37. The Labute approximate surface area is 112 Å². The highest BCUT2D eigenvalue weighted by atomic mass is 35.5. The monoisotopic (exact) mass is 277 g/mol. The zero-order valence-electron chi connectivity index (χ0n) is 10.1. The molecule has 96 valence electrons. The number of pyridine rings is 1. The number of halogens is 2. The minimum atomic E-state index is 0.352. The number of hydrogen-bond donors (Lipinski definition) is 0. The zero-order chi connectivity index (χ0) is 12.7. The number of aromatic nitrogens is 1. The minimum Gasteiger partial charge on any atom is -0.379 e. The fourth-order valence-electron chi connectivity index (χ4n) is 1.16. The molecule has 0 aliphatic rings. The Morgan fingerprint density at radius 3 is 2.59 bits per heavy atom. The summed E-state index contributed by atoms with van der Waals surface area (Å²) in [5.74, 6) is 0.541. The minimum absolute atomic E-state index is 0.352. The summed E-state index contributed by atoms with van der Waals surface area (Å²) >= 11 is 11.7. The van der Waals surface area contributed by atoms with Gasteiger partial charge in [-0.1, -0.05) is 37.0 Å². The van der Waals surface area contributed by atoms with Gasteiger partial charge in [0, 0.05) is 6.61 Å². The van der Waals surface area contributed by atoms with Crippen molar-refractivity contribution in [2.75, 3.05) is 19.8 Å². The van der Waals surface area contributed by atoms with E-state index in [4.69, 9.17) is 32.7 Å². The van der Waals surface area contributed by atoms with Crippen LogP contribution >= 0.6 is 23.2 Å². The Hall–Kier alpha value is -0.350. The molecule has 1 rings (SSSR count). The molecule has 0 saturated heterocycles. The van der Waals surface area contributed by atoms with Crippen LogP contribution in [0.25, 0.3) is 0 Å². The van der Waals surface area contributed by atoms with Crippen LogP contribution in [0.5, 0.6) is 0 Å². The summed E-state index contributed by atoms with van der Waals surface area (Å²) in [6.45, 7) is 6.42. The molecule has 0 amide bonds. The van der Waals surface area contributed by atoms with Crippen molar-refractivity contribution in [3.63, 3.8) is 0 Å². The predicted molar refractivity (Wildman–Crippen MR) is 69.6 cm³/mol. The van der Waals surface area contributed by atoms with Crippen molar-refractivity contribution >= 4 is 23.2 Å². The summed E-state index contributed by atoms with van der Waals surface area (Å²) in [6.07, 6.45) is 0. The molecular formula is C12H17Cl2NO2. The van der Waals surface area contributed by atoms with Crippen LogP contribution in [0.3, 0.4) is 0 Å². The van der Waals surface area contributed by atoms with Crippen molar-refractivity contribution in [1.82, 2.24) is 4.98 Å². The molecule has 3 nitrogen and oxygen atoms in total. The van der Waals surface area contributed by atoms with Crippen LogP contribution in [0.15, 0.2) is 12.1 Å². The normalized spacial score (nSPS) is 11.1. The Bertz CT molecular complexity index is 345. The van der Waals surface area contributed by atoms with Crippen LogP contribution in [0.4, 0.5) is 0 Å². The molecule has 0 spiro atoms. The predicted octanol–water partition coefficient (Wildman–Crippen LogP) is 3.58. The van der Waals surface area contributed by atoms with Gasteiger partial charge in [-0.3, -0.25) is 0 Å². The van der Waals surface area contributed by atoms with Crippen molar-refractivity contribution in [2.45, 2.75) is 20.5 Å². The second-order valence-electron chi connectivity index (χ2n) is 4.08. The molecule has 1 aromatic rings. The van der Waals surface area contributed by atoms with Crippen LogP contribution in [-0.4, -0.2) is 24.8 Å². The van der Waals surface area contributed by atoms with Crippen molar-refractivity contribution in [1.29, 1.82) is 0 Å². The molecule has 0 aliphatic heterocycles. The summed E-state index contributed by atoms with van der Waals surface area (Å²) < 4.78 is 10.8. The van der Waals surface area contributed by atoms with E-state index in [2.05, 4.69) is 18.8 Å². The van der Waals surface area contributed by atoms with Gasteiger partial charge >= 0.3 is 0 Å². The maximum atomic E-state index is 5.95. The molecule has 0 fully saturated rings. The highest BCUT2D eigenvalue weighted by Gasteiger charge is 2.03. The first-order valence-corrected chi connectivity index (χ1v) is 6.31. The largest absolute Gasteiger partial charge is 0.379 e. The standard InChI is InChI=1S/C12H17Cl2NO2/c1-9(2)7-16-5-6-17-8-11-10(13)3-4-12(14)15-11/h3-4,9H,5-8H2,1-2H3. The smallest absolute Gasteiger partial charge is 0.129 e. The Morgan fingerprint density at radius 2 is 1.88 bits per heavy atom. The third-order valence-corrected chi connectivity index (χ3v) is 2.50. The molecule has 0 aliphatic carbocycles. The lowest BCUT2D eigenvalue weighted by molar-refractivity contribution is 0.0305. The molecule has 0 radical (unpaired) electrons. The van der Waals surface area contributed by atoms with E-state index in [9.17, 15) is 0 Å². The molecule has 5 heteroatoms. The Balaban J connectivity index is 2.20. The van der Waals surface area contributed by atoms with E-state index in [0.29, 0.717) is 41.6 Å². The maximum Gasteiger partial charge on any atom is 0.129 e. The number of rotatable bonds is 7. The van der Waals surface area contributed by atoms with Crippen molar-refractivity contribution < 1.29 is 9.47 Å². The van der Waals surface area contributed by atoms with Gasteiger partial charge in [0.1, 0.15) is 5.15 Å². The lowest BCUT2D eigenvalue weighted by Crippen LogP contribution is -2.09. The van der Waals surface area contributed by atoms with Gasteiger partial charge in [-0.2, -0.15) is 0 Å². The highest BCUT2D eigenvalue weighted by molar-refractivity contribution is 6.32. The van der Waals surface area contributed by atoms with Crippen molar-refractivity contribution in [3.8, 4) is 0 Å². The van der Waals surface area contributed by atoms with E-state index < -0.39 is 0 Å². The second-order valence-corrected chi connectivity index (χ2v) is 4.88. The lowest BCUT2D eigenvalue weighted by Gasteiger charge is -2.08. The van der Waals surface area contributed by atoms with Crippen molar-refractivity contribution in [3.05, 3.63) is 28.0 Å². The molecule has 0 unspecified atom stereocenters. The van der Waals surface area contributed by atoms with Crippen LogP contribution in [0.1, 0.15) is 19.5 Å². The SMILES string of the molecule is CC(C)COCCOCc1nc(Cl)ccc1Cl. The fourth-order valence-corrected chi connectivity index (χ4v) is 1.49. The van der Waals surface area contributed by atoms with Gasteiger partial charge in [-0.05, 0) is 18.1 Å². The molecule has 17 heavy (non-hydrogen) atoms. The second kappa shape index (κ2) is 7.88. The van der Waals surface area contributed by atoms with E-state index in [1.807, 2.05) is 0 Å². The molecule has 0 bridgehead atoms.